The molecule has 0 radical (unpaired) electrons. The van der Waals surface area contributed by atoms with Crippen molar-refractivity contribution in [2.75, 3.05) is 10.6 Å². The summed E-state index contributed by atoms with van der Waals surface area (Å²) in [7, 11) is 0. The minimum absolute atomic E-state index is 0.0471. The van der Waals surface area contributed by atoms with Gasteiger partial charge in [0.25, 0.3) is 5.91 Å². The van der Waals surface area contributed by atoms with E-state index in [4.69, 9.17) is 0 Å². The van der Waals surface area contributed by atoms with Crippen LogP contribution in [0.15, 0.2) is 41.1 Å². The number of aromatic nitrogens is 1. The van der Waals surface area contributed by atoms with Gasteiger partial charge in [-0.15, -0.1) is 22.7 Å². The van der Waals surface area contributed by atoms with Gasteiger partial charge in [-0.1, -0.05) is 23.8 Å². The summed E-state index contributed by atoms with van der Waals surface area (Å²) in [5.41, 5.74) is 3.85. The van der Waals surface area contributed by atoms with Crippen LogP contribution in [0.3, 0.4) is 0 Å². The SMILES string of the molecule is Cc1ccc(NC(=O)CCc2csc(NC(=O)c3cccs3)n2)c(C)c1. The largest absolute Gasteiger partial charge is 0.326 e. The lowest BCUT2D eigenvalue weighted by Crippen LogP contribution is -2.13. The Morgan fingerprint density at radius 1 is 1.12 bits per heavy atom. The number of carbonyl (C=O) groups is 2. The zero-order valence-electron chi connectivity index (χ0n) is 14.5. The van der Waals surface area contributed by atoms with Crippen LogP contribution in [-0.4, -0.2) is 16.8 Å². The number of aryl methyl sites for hydroxylation is 3. The molecule has 7 heteroatoms. The van der Waals surface area contributed by atoms with E-state index < -0.39 is 0 Å². The van der Waals surface area contributed by atoms with Crippen molar-refractivity contribution < 1.29 is 9.59 Å². The molecule has 1 aromatic carbocycles. The average Bonchev–Trinajstić information content (AvgIpc) is 3.27. The molecule has 134 valence electrons. The molecule has 0 unspecified atom stereocenters. The van der Waals surface area contributed by atoms with E-state index in [1.54, 1.807) is 6.07 Å². The summed E-state index contributed by atoms with van der Waals surface area (Å²) in [5.74, 6) is -0.206. The Kier molecular flexibility index (Phi) is 5.80. The summed E-state index contributed by atoms with van der Waals surface area (Å²) in [6, 6.07) is 9.54. The fourth-order valence-electron chi connectivity index (χ4n) is 2.45. The molecule has 0 bridgehead atoms. The van der Waals surface area contributed by atoms with Crippen LogP contribution < -0.4 is 10.6 Å². The van der Waals surface area contributed by atoms with Crippen molar-refractivity contribution >= 4 is 45.3 Å². The van der Waals surface area contributed by atoms with Crippen molar-refractivity contribution in [3.63, 3.8) is 0 Å². The first-order valence-corrected chi connectivity index (χ1v) is 9.93. The first-order chi connectivity index (χ1) is 12.5. The average molecular weight is 386 g/mol. The summed E-state index contributed by atoms with van der Waals surface area (Å²) >= 11 is 2.75. The van der Waals surface area contributed by atoms with E-state index >= 15 is 0 Å². The van der Waals surface area contributed by atoms with Crippen LogP contribution in [0.5, 0.6) is 0 Å². The molecule has 0 aliphatic rings. The summed E-state index contributed by atoms with van der Waals surface area (Å²) in [5, 5.41) is 9.99. The Morgan fingerprint density at radius 2 is 1.96 bits per heavy atom. The second-order valence-corrected chi connectivity index (χ2v) is 7.75. The molecular formula is C19H19N3O2S2. The molecule has 2 N–H and O–H groups in total. The van der Waals surface area contributed by atoms with Crippen LogP contribution in [0.1, 0.15) is 32.9 Å². The highest BCUT2D eigenvalue weighted by Crippen LogP contribution is 2.20. The van der Waals surface area contributed by atoms with E-state index in [-0.39, 0.29) is 11.8 Å². The molecule has 0 atom stereocenters. The molecule has 3 rings (SSSR count). The number of thiophene rings is 1. The minimum Gasteiger partial charge on any atom is -0.326 e. The Hall–Kier alpha value is -2.51. The lowest BCUT2D eigenvalue weighted by atomic mass is 10.1. The molecule has 0 aliphatic heterocycles. The lowest BCUT2D eigenvalue weighted by Gasteiger charge is -2.08. The maximum absolute atomic E-state index is 12.2. The molecular weight excluding hydrogens is 366 g/mol. The molecule has 0 aliphatic carbocycles. The zero-order chi connectivity index (χ0) is 18.5. The van der Waals surface area contributed by atoms with E-state index in [1.807, 2.05) is 48.9 Å². The van der Waals surface area contributed by atoms with Gasteiger partial charge in [0, 0.05) is 17.5 Å². The third kappa shape index (κ3) is 4.77. The number of benzene rings is 1. The predicted molar refractivity (Wildman–Crippen MR) is 107 cm³/mol. The minimum atomic E-state index is -0.159. The number of rotatable bonds is 6. The standard InChI is InChI=1S/C19H19N3O2S2/c1-12-5-7-15(13(2)10-12)21-17(23)8-6-14-11-26-19(20-14)22-18(24)16-4-3-9-25-16/h3-5,7,9-11H,6,8H2,1-2H3,(H,21,23)(H,20,22,24). The molecule has 3 aromatic rings. The van der Waals surface area contributed by atoms with Crippen LogP contribution in [-0.2, 0) is 11.2 Å². The van der Waals surface area contributed by atoms with Crippen LogP contribution in [0.2, 0.25) is 0 Å². The van der Waals surface area contributed by atoms with Crippen molar-refractivity contribution in [2.24, 2.45) is 0 Å². The van der Waals surface area contributed by atoms with Gasteiger partial charge >= 0.3 is 0 Å². The summed E-state index contributed by atoms with van der Waals surface area (Å²) in [6.07, 6.45) is 0.872. The third-order valence-corrected chi connectivity index (χ3v) is 5.46. The van der Waals surface area contributed by atoms with Gasteiger partial charge in [0.15, 0.2) is 5.13 Å². The summed E-state index contributed by atoms with van der Waals surface area (Å²) in [6.45, 7) is 4.00. The smallest absolute Gasteiger partial charge is 0.267 e. The second kappa shape index (κ2) is 8.25. The Bertz CT molecular complexity index is 917. The lowest BCUT2D eigenvalue weighted by molar-refractivity contribution is -0.116. The first kappa shape index (κ1) is 18.3. The number of hydrogen-bond donors (Lipinski definition) is 2. The highest BCUT2D eigenvalue weighted by Gasteiger charge is 2.11. The molecule has 2 amide bonds. The van der Waals surface area contributed by atoms with Crippen LogP contribution in [0.4, 0.5) is 10.8 Å². The number of anilines is 2. The third-order valence-electron chi connectivity index (χ3n) is 3.78. The summed E-state index contributed by atoms with van der Waals surface area (Å²) in [4.78, 5) is 29.2. The van der Waals surface area contributed by atoms with Crippen molar-refractivity contribution in [2.45, 2.75) is 26.7 Å². The molecule has 2 aromatic heterocycles. The van der Waals surface area contributed by atoms with Gasteiger partial charge in [-0.25, -0.2) is 4.98 Å². The first-order valence-electron chi connectivity index (χ1n) is 8.17. The maximum Gasteiger partial charge on any atom is 0.267 e. The molecule has 5 nitrogen and oxygen atoms in total. The Morgan fingerprint density at radius 3 is 2.69 bits per heavy atom. The number of carbonyl (C=O) groups excluding carboxylic acids is 2. The van der Waals surface area contributed by atoms with Gasteiger partial charge in [0.05, 0.1) is 10.6 Å². The van der Waals surface area contributed by atoms with Crippen LogP contribution >= 0.6 is 22.7 Å². The summed E-state index contributed by atoms with van der Waals surface area (Å²) < 4.78 is 0. The van der Waals surface area contributed by atoms with E-state index in [0.717, 1.165) is 16.9 Å². The van der Waals surface area contributed by atoms with Crippen molar-refractivity contribution in [3.8, 4) is 0 Å². The van der Waals surface area contributed by atoms with Gasteiger partial charge in [0.2, 0.25) is 5.91 Å². The second-order valence-electron chi connectivity index (χ2n) is 5.94. The van der Waals surface area contributed by atoms with E-state index in [1.165, 1.54) is 28.2 Å². The fourth-order valence-corrected chi connectivity index (χ4v) is 3.81. The highest BCUT2D eigenvalue weighted by molar-refractivity contribution is 7.14. The van der Waals surface area contributed by atoms with E-state index in [9.17, 15) is 9.59 Å². The van der Waals surface area contributed by atoms with Crippen LogP contribution in [0.25, 0.3) is 0 Å². The number of nitrogens with one attached hydrogen (secondary N) is 2. The number of amides is 2. The molecule has 0 saturated carbocycles. The quantitative estimate of drug-likeness (QED) is 0.649. The topological polar surface area (TPSA) is 71.1 Å². The Labute approximate surface area is 160 Å². The number of nitrogens with zero attached hydrogens (tertiary/aromatic N) is 1. The maximum atomic E-state index is 12.2. The highest BCUT2D eigenvalue weighted by atomic mass is 32.1. The van der Waals surface area contributed by atoms with Gasteiger partial charge in [-0.3, -0.25) is 14.9 Å². The van der Waals surface area contributed by atoms with Gasteiger partial charge in [-0.2, -0.15) is 0 Å². The van der Waals surface area contributed by atoms with Gasteiger partial charge in [0.1, 0.15) is 0 Å². The van der Waals surface area contributed by atoms with Gasteiger partial charge < -0.3 is 5.32 Å². The molecule has 0 spiro atoms. The molecule has 26 heavy (non-hydrogen) atoms. The van der Waals surface area contributed by atoms with Crippen molar-refractivity contribution in [1.29, 1.82) is 0 Å². The fraction of sp³-hybridized carbons (Fsp3) is 0.211. The van der Waals surface area contributed by atoms with Crippen molar-refractivity contribution in [1.82, 2.24) is 4.98 Å². The molecule has 0 saturated heterocycles. The molecule has 0 fully saturated rings. The molecule has 2 heterocycles. The van der Waals surface area contributed by atoms with E-state index in [0.29, 0.717) is 22.9 Å². The zero-order valence-corrected chi connectivity index (χ0v) is 16.2. The van der Waals surface area contributed by atoms with Gasteiger partial charge in [-0.05, 0) is 43.3 Å². The predicted octanol–water partition coefficient (Wildman–Crippen LogP) is 4.65. The normalized spacial score (nSPS) is 10.5. The number of thiazole rings is 1. The monoisotopic (exact) mass is 385 g/mol. The Balaban J connectivity index is 1.51. The number of hydrogen-bond acceptors (Lipinski definition) is 5. The van der Waals surface area contributed by atoms with Crippen LogP contribution in [0, 0.1) is 13.8 Å². The van der Waals surface area contributed by atoms with Crippen molar-refractivity contribution in [3.05, 3.63) is 62.8 Å². The van der Waals surface area contributed by atoms with E-state index in [2.05, 4.69) is 15.6 Å².